The first-order valence-corrected chi connectivity index (χ1v) is 8.26. The van der Waals surface area contributed by atoms with Gasteiger partial charge in [-0.1, -0.05) is 24.6 Å². The highest BCUT2D eigenvalue weighted by atomic mass is 16.2. The van der Waals surface area contributed by atoms with Crippen molar-refractivity contribution in [2.24, 2.45) is 0 Å². The number of rotatable bonds is 4. The van der Waals surface area contributed by atoms with Crippen molar-refractivity contribution in [2.75, 3.05) is 24.2 Å². The van der Waals surface area contributed by atoms with Gasteiger partial charge in [0.15, 0.2) is 0 Å². The molecule has 2 N–H and O–H groups in total. The third-order valence-electron chi connectivity index (χ3n) is 4.32. The van der Waals surface area contributed by atoms with Gasteiger partial charge in [-0.25, -0.2) is 4.98 Å². The lowest BCUT2D eigenvalue weighted by atomic mass is 10.2. The smallest absolute Gasteiger partial charge is 0.261 e. The molecule has 0 spiro atoms. The Morgan fingerprint density at radius 2 is 2.08 bits per heavy atom. The molecule has 5 heteroatoms. The lowest BCUT2D eigenvalue weighted by Gasteiger charge is -2.24. The summed E-state index contributed by atoms with van der Waals surface area (Å²) in [7, 11) is 1.79. The molecule has 1 amide bonds. The Labute approximate surface area is 144 Å². The van der Waals surface area contributed by atoms with Crippen LogP contribution < -0.4 is 10.6 Å². The fourth-order valence-corrected chi connectivity index (χ4v) is 2.72. The molecule has 0 saturated heterocycles. The third-order valence-corrected chi connectivity index (χ3v) is 4.32. The molecule has 0 fully saturated rings. The maximum absolute atomic E-state index is 12.9. The van der Waals surface area contributed by atoms with Crippen LogP contribution >= 0.6 is 0 Å². The highest BCUT2D eigenvalue weighted by Crippen LogP contribution is 2.31. The van der Waals surface area contributed by atoms with Gasteiger partial charge in [-0.3, -0.25) is 4.79 Å². The number of aromatic nitrogens is 1. The lowest BCUT2D eigenvalue weighted by Crippen LogP contribution is -2.25. The van der Waals surface area contributed by atoms with Gasteiger partial charge >= 0.3 is 0 Å². The summed E-state index contributed by atoms with van der Waals surface area (Å²) in [5.74, 6) is 0.556. The molecule has 1 aromatic heterocycles. The zero-order valence-corrected chi connectivity index (χ0v) is 15.1. The summed E-state index contributed by atoms with van der Waals surface area (Å²) >= 11 is 0. The van der Waals surface area contributed by atoms with Crippen LogP contribution in [0.5, 0.6) is 0 Å². The zero-order valence-electron chi connectivity index (χ0n) is 15.1. The Kier molecular flexibility index (Phi) is 5.44. The highest BCUT2D eigenvalue weighted by Gasteiger charge is 2.28. The molecule has 1 aromatic rings. The van der Waals surface area contributed by atoms with Crippen molar-refractivity contribution >= 4 is 17.4 Å². The van der Waals surface area contributed by atoms with E-state index >= 15 is 0 Å². The molecule has 24 heavy (non-hydrogen) atoms. The summed E-state index contributed by atoms with van der Waals surface area (Å²) in [5, 5.41) is 0. The van der Waals surface area contributed by atoms with E-state index < -0.39 is 0 Å². The van der Waals surface area contributed by atoms with Crippen molar-refractivity contribution in [3.05, 3.63) is 53.0 Å². The van der Waals surface area contributed by atoms with E-state index in [1.165, 1.54) is 5.57 Å². The van der Waals surface area contributed by atoms with Crippen molar-refractivity contribution < 1.29 is 4.79 Å². The van der Waals surface area contributed by atoms with E-state index in [2.05, 4.69) is 24.9 Å². The molecule has 1 aliphatic rings. The molecule has 1 aliphatic heterocycles. The van der Waals surface area contributed by atoms with Gasteiger partial charge < -0.3 is 15.5 Å². The number of likely N-dealkylation sites (N-methyl/N-ethyl adjacent to an activating group) is 1. The molecule has 128 valence electrons. The maximum atomic E-state index is 12.9. The number of nitrogen functional groups attached to an aromatic ring is 1. The van der Waals surface area contributed by atoms with E-state index in [1.807, 2.05) is 30.9 Å². The predicted octanol–water partition coefficient (Wildman–Crippen LogP) is 3.72. The Balaban J connectivity index is 2.55. The van der Waals surface area contributed by atoms with Gasteiger partial charge in [0.25, 0.3) is 5.91 Å². The second-order valence-electron chi connectivity index (χ2n) is 5.94. The van der Waals surface area contributed by atoms with Crippen molar-refractivity contribution in [3.63, 3.8) is 0 Å². The van der Waals surface area contributed by atoms with Crippen molar-refractivity contribution in [2.45, 2.75) is 34.1 Å². The number of anilines is 2. The normalized spacial score (nSPS) is 16.0. The number of hydrogen-bond acceptors (Lipinski definition) is 4. The number of fused-ring (bicyclic) bond motifs is 1. The van der Waals surface area contributed by atoms with Gasteiger partial charge in [0, 0.05) is 19.3 Å². The molecule has 0 unspecified atom stereocenters. The molecular formula is C19H26N4O. The predicted molar refractivity (Wildman–Crippen MR) is 99.7 cm³/mol. The van der Waals surface area contributed by atoms with Gasteiger partial charge in [0.1, 0.15) is 5.82 Å². The zero-order chi connectivity index (χ0) is 17.9. The van der Waals surface area contributed by atoms with Crippen molar-refractivity contribution in [1.29, 1.82) is 0 Å². The van der Waals surface area contributed by atoms with Gasteiger partial charge in [-0.05, 0) is 39.3 Å². The molecule has 2 rings (SSSR count). The number of nitrogens with two attached hydrogens (primary N) is 1. The van der Waals surface area contributed by atoms with Crippen LogP contribution in [0.2, 0.25) is 0 Å². The molecule has 2 heterocycles. The van der Waals surface area contributed by atoms with Crippen molar-refractivity contribution in [1.82, 2.24) is 9.88 Å². The molecular weight excluding hydrogens is 300 g/mol. The maximum Gasteiger partial charge on any atom is 0.261 e. The number of carbonyl (C=O) groups excluding carboxylic acids is 1. The van der Waals surface area contributed by atoms with Crippen LogP contribution in [-0.4, -0.2) is 29.4 Å². The van der Waals surface area contributed by atoms with E-state index in [1.54, 1.807) is 24.2 Å². The van der Waals surface area contributed by atoms with Crippen LogP contribution in [0.1, 0.15) is 44.5 Å². The molecule has 0 saturated carbocycles. The first-order chi connectivity index (χ1) is 11.4. The summed E-state index contributed by atoms with van der Waals surface area (Å²) < 4.78 is 0. The van der Waals surface area contributed by atoms with E-state index in [0.29, 0.717) is 17.1 Å². The quantitative estimate of drug-likeness (QED) is 0.857. The highest BCUT2D eigenvalue weighted by molar-refractivity contribution is 6.02. The Hall–Kier alpha value is -2.56. The molecule has 0 atom stereocenters. The average molecular weight is 326 g/mol. The van der Waals surface area contributed by atoms with Gasteiger partial charge in [-0.15, -0.1) is 0 Å². The molecule has 0 aliphatic carbocycles. The fraction of sp³-hybridized carbons (Fsp3) is 0.368. The summed E-state index contributed by atoms with van der Waals surface area (Å²) in [6.45, 7) is 8.99. The van der Waals surface area contributed by atoms with E-state index in [4.69, 9.17) is 5.73 Å². The molecule has 5 nitrogen and oxygen atoms in total. The number of amides is 1. The van der Waals surface area contributed by atoms with Crippen molar-refractivity contribution in [3.8, 4) is 0 Å². The number of allylic oxidation sites excluding steroid dienone is 5. The van der Waals surface area contributed by atoms with Crippen LogP contribution in [-0.2, 0) is 0 Å². The van der Waals surface area contributed by atoms with E-state index in [-0.39, 0.29) is 5.91 Å². The lowest BCUT2D eigenvalue weighted by molar-refractivity contribution is 0.0841. The Bertz CT molecular complexity index is 731. The van der Waals surface area contributed by atoms with Gasteiger partial charge in [0.05, 0.1) is 23.1 Å². The number of nitrogens with zero attached hydrogens (tertiary/aromatic N) is 3. The van der Waals surface area contributed by atoms with E-state index in [0.717, 1.165) is 24.4 Å². The number of pyridine rings is 1. The number of carbonyl (C=O) groups is 1. The molecule has 0 bridgehead atoms. The van der Waals surface area contributed by atoms with Crippen LogP contribution in [0, 0.1) is 0 Å². The van der Waals surface area contributed by atoms with Crippen LogP contribution in [0.15, 0.2) is 47.5 Å². The third kappa shape index (κ3) is 3.35. The Morgan fingerprint density at radius 1 is 1.38 bits per heavy atom. The molecule has 0 aromatic carbocycles. The minimum absolute atomic E-state index is 0.101. The topological polar surface area (TPSA) is 62.5 Å². The summed E-state index contributed by atoms with van der Waals surface area (Å²) in [6.07, 6.45) is 8.64. The SMILES string of the molecule is CC/C(C)=C/C=C\C1=C(C)N(CC)c2ncc(N)cc2C(=O)N1C. The van der Waals surface area contributed by atoms with Crippen LogP contribution in [0.25, 0.3) is 0 Å². The summed E-state index contributed by atoms with van der Waals surface area (Å²) in [5.41, 5.74) is 10.00. The fourth-order valence-electron chi connectivity index (χ4n) is 2.72. The minimum atomic E-state index is -0.101. The van der Waals surface area contributed by atoms with Gasteiger partial charge in [-0.2, -0.15) is 0 Å². The summed E-state index contributed by atoms with van der Waals surface area (Å²) in [6, 6.07) is 1.70. The largest absolute Gasteiger partial charge is 0.397 e. The first kappa shape index (κ1) is 17.8. The average Bonchev–Trinajstić information content (AvgIpc) is 2.64. The standard InChI is InChI=1S/C19H26N4O/c1-6-13(3)9-8-10-17-14(4)23(7-2)18-16(19(24)22(17)5)11-15(20)12-21-18/h8-12H,6-7,20H2,1-5H3/b10-8-,13-9+. The Morgan fingerprint density at radius 3 is 2.71 bits per heavy atom. The monoisotopic (exact) mass is 326 g/mol. The number of hydrogen-bond donors (Lipinski definition) is 1. The second kappa shape index (κ2) is 7.34. The first-order valence-electron chi connectivity index (χ1n) is 8.26. The van der Waals surface area contributed by atoms with Gasteiger partial charge in [0.2, 0.25) is 0 Å². The van der Waals surface area contributed by atoms with E-state index in [9.17, 15) is 4.79 Å². The summed E-state index contributed by atoms with van der Waals surface area (Å²) in [4.78, 5) is 21.0. The minimum Gasteiger partial charge on any atom is -0.397 e. The molecule has 0 radical (unpaired) electrons. The van der Waals surface area contributed by atoms with Crippen LogP contribution in [0.4, 0.5) is 11.5 Å². The second-order valence-corrected chi connectivity index (χ2v) is 5.94. The van der Waals surface area contributed by atoms with Crippen LogP contribution in [0.3, 0.4) is 0 Å².